The summed E-state index contributed by atoms with van der Waals surface area (Å²) >= 11 is 6.03. The van der Waals surface area contributed by atoms with Crippen molar-refractivity contribution in [1.29, 1.82) is 0 Å². The van der Waals surface area contributed by atoms with Gasteiger partial charge in [-0.15, -0.1) is 0 Å². The first-order chi connectivity index (χ1) is 17.9. The van der Waals surface area contributed by atoms with E-state index in [0.29, 0.717) is 16.3 Å². The number of carboxylic acid groups (broad SMARTS) is 1. The number of rotatable bonds is 7. The number of aromatic carboxylic acids is 1. The fourth-order valence-corrected chi connectivity index (χ4v) is 4.43. The normalized spacial score (nSPS) is 12.1. The SMILES string of the molecule is CN(c1ccc(Cl)cc1)c1ccc(C(=C2CC2)c2cc(C(=O)O)cc(C(=O)Nc3ccccc3)c2)cc1. The second-order valence-electron chi connectivity index (χ2n) is 8.99. The highest BCUT2D eigenvalue weighted by Crippen LogP contribution is 2.41. The summed E-state index contributed by atoms with van der Waals surface area (Å²) < 4.78 is 0. The van der Waals surface area contributed by atoms with Crippen LogP contribution in [0.1, 0.15) is 44.7 Å². The predicted octanol–water partition coefficient (Wildman–Crippen LogP) is 7.65. The Morgan fingerprint density at radius 1 is 0.757 bits per heavy atom. The molecule has 6 heteroatoms. The number of anilines is 3. The number of carbonyl (C=O) groups excluding carboxylic acids is 1. The van der Waals surface area contributed by atoms with Crippen molar-refractivity contribution < 1.29 is 14.7 Å². The van der Waals surface area contributed by atoms with Crippen LogP contribution < -0.4 is 10.2 Å². The van der Waals surface area contributed by atoms with Crippen LogP contribution in [0.15, 0.2) is 103 Å². The van der Waals surface area contributed by atoms with Crippen LogP contribution in [0.4, 0.5) is 17.1 Å². The maximum absolute atomic E-state index is 13.0. The zero-order chi connectivity index (χ0) is 25.9. The molecule has 2 N–H and O–H groups in total. The number of carbonyl (C=O) groups is 2. The molecule has 1 saturated carbocycles. The quantitative estimate of drug-likeness (QED) is 0.269. The van der Waals surface area contributed by atoms with Crippen LogP contribution in [0.5, 0.6) is 0 Å². The van der Waals surface area contributed by atoms with Crippen molar-refractivity contribution in [3.63, 3.8) is 0 Å². The number of hydrogen-bond acceptors (Lipinski definition) is 3. The summed E-state index contributed by atoms with van der Waals surface area (Å²) in [4.78, 5) is 27.0. The Labute approximate surface area is 220 Å². The van der Waals surface area contributed by atoms with Crippen LogP contribution in [-0.4, -0.2) is 24.0 Å². The number of allylic oxidation sites excluding steroid dienone is 1. The first kappa shape index (κ1) is 24.3. The molecule has 0 aliphatic heterocycles. The van der Waals surface area contributed by atoms with Gasteiger partial charge in [0.1, 0.15) is 0 Å². The molecule has 5 nitrogen and oxygen atoms in total. The van der Waals surface area contributed by atoms with E-state index in [1.807, 2.05) is 73.8 Å². The molecule has 0 unspecified atom stereocenters. The summed E-state index contributed by atoms with van der Waals surface area (Å²) in [5, 5.41) is 13.3. The van der Waals surface area contributed by atoms with E-state index >= 15 is 0 Å². The molecule has 1 fully saturated rings. The lowest BCUT2D eigenvalue weighted by atomic mass is 9.93. The lowest BCUT2D eigenvalue weighted by Crippen LogP contribution is -2.13. The molecule has 0 radical (unpaired) electrons. The molecule has 0 saturated heterocycles. The van der Waals surface area contributed by atoms with Gasteiger partial charge in [-0.25, -0.2) is 4.79 Å². The van der Waals surface area contributed by atoms with Crippen LogP contribution in [0, 0.1) is 0 Å². The van der Waals surface area contributed by atoms with Crippen molar-refractivity contribution in [2.75, 3.05) is 17.3 Å². The lowest BCUT2D eigenvalue weighted by Gasteiger charge is -2.20. The molecule has 4 aromatic carbocycles. The fourth-order valence-electron chi connectivity index (χ4n) is 4.30. The minimum Gasteiger partial charge on any atom is -0.478 e. The van der Waals surface area contributed by atoms with Gasteiger partial charge >= 0.3 is 5.97 Å². The second-order valence-corrected chi connectivity index (χ2v) is 9.42. The number of benzene rings is 4. The molecule has 0 aromatic heterocycles. The zero-order valence-corrected chi connectivity index (χ0v) is 21.0. The van der Waals surface area contributed by atoms with Gasteiger partial charge in [-0.1, -0.05) is 47.5 Å². The third-order valence-corrected chi connectivity index (χ3v) is 6.63. The summed E-state index contributed by atoms with van der Waals surface area (Å²) in [7, 11) is 1.99. The minimum atomic E-state index is -1.07. The van der Waals surface area contributed by atoms with Gasteiger partial charge in [-0.3, -0.25) is 4.79 Å². The number of para-hydroxylation sites is 1. The van der Waals surface area contributed by atoms with Crippen LogP contribution in [-0.2, 0) is 0 Å². The summed E-state index contributed by atoms with van der Waals surface area (Å²) in [6.07, 6.45) is 1.90. The first-order valence-electron chi connectivity index (χ1n) is 12.0. The smallest absolute Gasteiger partial charge is 0.335 e. The second kappa shape index (κ2) is 10.3. The molecule has 37 heavy (non-hydrogen) atoms. The van der Waals surface area contributed by atoms with Gasteiger partial charge < -0.3 is 15.3 Å². The van der Waals surface area contributed by atoms with Crippen molar-refractivity contribution in [3.05, 3.63) is 130 Å². The van der Waals surface area contributed by atoms with E-state index in [0.717, 1.165) is 40.9 Å². The van der Waals surface area contributed by atoms with E-state index in [9.17, 15) is 14.7 Å². The number of nitrogens with zero attached hydrogens (tertiary/aromatic N) is 1. The third-order valence-electron chi connectivity index (χ3n) is 6.37. The minimum absolute atomic E-state index is 0.0774. The molecule has 4 aromatic rings. The maximum atomic E-state index is 13.0. The maximum Gasteiger partial charge on any atom is 0.335 e. The van der Waals surface area contributed by atoms with E-state index in [2.05, 4.69) is 10.2 Å². The van der Waals surface area contributed by atoms with E-state index in [1.165, 1.54) is 11.6 Å². The average molecular weight is 509 g/mol. The number of hydrogen-bond donors (Lipinski definition) is 2. The third kappa shape index (κ3) is 5.57. The van der Waals surface area contributed by atoms with E-state index in [-0.39, 0.29) is 11.5 Å². The van der Waals surface area contributed by atoms with Crippen LogP contribution >= 0.6 is 11.6 Å². The molecule has 0 heterocycles. The van der Waals surface area contributed by atoms with Gasteiger partial charge in [-0.05, 0) is 96.3 Å². The van der Waals surface area contributed by atoms with Crippen molar-refractivity contribution in [1.82, 2.24) is 0 Å². The summed E-state index contributed by atoms with van der Waals surface area (Å²) in [6.45, 7) is 0. The van der Waals surface area contributed by atoms with Crippen molar-refractivity contribution in [2.24, 2.45) is 0 Å². The molecule has 0 bridgehead atoms. The molecular weight excluding hydrogens is 484 g/mol. The topological polar surface area (TPSA) is 69.6 Å². The Bertz CT molecular complexity index is 1490. The summed E-state index contributed by atoms with van der Waals surface area (Å²) in [5.74, 6) is -1.42. The van der Waals surface area contributed by atoms with E-state index in [1.54, 1.807) is 24.3 Å². The van der Waals surface area contributed by atoms with Crippen molar-refractivity contribution in [2.45, 2.75) is 12.8 Å². The average Bonchev–Trinajstić information content (AvgIpc) is 3.75. The summed E-state index contributed by atoms with van der Waals surface area (Å²) in [6, 6.07) is 29.8. The van der Waals surface area contributed by atoms with Crippen LogP contribution in [0.3, 0.4) is 0 Å². The van der Waals surface area contributed by atoms with Gasteiger partial charge in [-0.2, -0.15) is 0 Å². The Kier molecular flexibility index (Phi) is 6.80. The van der Waals surface area contributed by atoms with E-state index < -0.39 is 5.97 Å². The van der Waals surface area contributed by atoms with Crippen molar-refractivity contribution in [3.8, 4) is 0 Å². The standard InChI is InChI=1S/C31H25ClN2O3/c1-34(28-15-11-25(32)12-16-28)27-13-9-21(10-14-27)29(20-7-8-20)22-17-23(19-24(18-22)31(36)37)30(35)33-26-5-3-2-4-6-26/h2-6,9-19H,7-8H2,1H3,(H,33,35)(H,36,37). The van der Waals surface area contributed by atoms with E-state index in [4.69, 9.17) is 11.6 Å². The molecule has 184 valence electrons. The van der Waals surface area contributed by atoms with Gasteiger partial charge in [0.15, 0.2) is 0 Å². The highest BCUT2D eigenvalue weighted by Gasteiger charge is 2.23. The zero-order valence-electron chi connectivity index (χ0n) is 20.2. The molecule has 5 rings (SSSR count). The van der Waals surface area contributed by atoms with Crippen molar-refractivity contribution >= 4 is 46.1 Å². The summed E-state index contributed by atoms with van der Waals surface area (Å²) in [5.41, 5.74) is 6.99. The molecule has 1 aliphatic rings. The Morgan fingerprint density at radius 3 is 1.92 bits per heavy atom. The van der Waals surface area contributed by atoms with Crippen LogP contribution in [0.2, 0.25) is 5.02 Å². The molecule has 1 amide bonds. The molecule has 1 aliphatic carbocycles. The number of amides is 1. The lowest BCUT2D eigenvalue weighted by molar-refractivity contribution is 0.0697. The Balaban J connectivity index is 1.48. The first-order valence-corrected chi connectivity index (χ1v) is 12.3. The fraction of sp³-hybridized carbons (Fsp3) is 0.0968. The van der Waals surface area contributed by atoms with Crippen LogP contribution in [0.25, 0.3) is 5.57 Å². The van der Waals surface area contributed by atoms with Gasteiger partial charge in [0.05, 0.1) is 5.56 Å². The highest BCUT2D eigenvalue weighted by atomic mass is 35.5. The predicted molar refractivity (Wildman–Crippen MR) is 149 cm³/mol. The monoisotopic (exact) mass is 508 g/mol. The van der Waals surface area contributed by atoms with Gasteiger partial charge in [0, 0.05) is 34.7 Å². The van der Waals surface area contributed by atoms with Gasteiger partial charge in [0.2, 0.25) is 0 Å². The largest absolute Gasteiger partial charge is 0.478 e. The molecule has 0 atom stereocenters. The molecular formula is C31H25ClN2O3. The number of nitrogens with one attached hydrogen (secondary N) is 1. The Morgan fingerprint density at radius 2 is 1.32 bits per heavy atom. The molecule has 0 spiro atoms. The number of halogens is 1. The number of carboxylic acids is 1. The highest BCUT2D eigenvalue weighted by molar-refractivity contribution is 6.30. The Hall–Kier alpha value is -4.35. The van der Waals surface area contributed by atoms with Gasteiger partial charge in [0.25, 0.3) is 5.91 Å².